The van der Waals surface area contributed by atoms with Crippen molar-refractivity contribution in [2.24, 2.45) is 5.73 Å². The molecule has 0 saturated heterocycles. The van der Waals surface area contributed by atoms with Gasteiger partial charge in [0.05, 0.1) is 0 Å². The van der Waals surface area contributed by atoms with Gasteiger partial charge in [-0.3, -0.25) is 0 Å². The summed E-state index contributed by atoms with van der Waals surface area (Å²) in [7, 11) is 0. The van der Waals surface area contributed by atoms with Crippen molar-refractivity contribution in [2.75, 3.05) is 6.54 Å². The van der Waals surface area contributed by atoms with Crippen molar-refractivity contribution < 1.29 is 9.13 Å². The first kappa shape index (κ1) is 12.1. The summed E-state index contributed by atoms with van der Waals surface area (Å²) >= 11 is 1.64. The molecule has 0 saturated carbocycles. The predicted molar refractivity (Wildman–Crippen MR) is 67.8 cm³/mol. The summed E-state index contributed by atoms with van der Waals surface area (Å²) in [6.07, 6.45) is 0.697. The number of hydrogen-bond donors (Lipinski definition) is 1. The van der Waals surface area contributed by atoms with Crippen LogP contribution in [0.5, 0.6) is 5.75 Å². The topological polar surface area (TPSA) is 35.2 Å². The second-order valence-electron chi connectivity index (χ2n) is 3.65. The van der Waals surface area contributed by atoms with E-state index in [9.17, 15) is 4.39 Å². The summed E-state index contributed by atoms with van der Waals surface area (Å²) in [6.45, 7) is 0.559. The Morgan fingerprint density at radius 2 is 2.00 bits per heavy atom. The van der Waals surface area contributed by atoms with Crippen LogP contribution in [0.25, 0.3) is 0 Å². The van der Waals surface area contributed by atoms with Crippen LogP contribution in [-0.4, -0.2) is 6.54 Å². The maximum absolute atomic E-state index is 12.8. The molecule has 0 aliphatic rings. The van der Waals surface area contributed by atoms with E-state index in [2.05, 4.69) is 0 Å². The third-order valence-corrected chi connectivity index (χ3v) is 3.35. The van der Waals surface area contributed by atoms with Gasteiger partial charge in [0.2, 0.25) is 0 Å². The molecular weight excluding hydrogens is 237 g/mol. The van der Waals surface area contributed by atoms with Gasteiger partial charge in [-0.05, 0) is 42.3 Å². The summed E-state index contributed by atoms with van der Waals surface area (Å²) < 4.78 is 18.6. The van der Waals surface area contributed by atoms with E-state index in [1.165, 1.54) is 12.1 Å². The monoisotopic (exact) mass is 251 g/mol. The molecule has 1 unspecified atom stereocenters. The number of benzene rings is 1. The average molecular weight is 251 g/mol. The minimum atomic E-state index is -0.260. The lowest BCUT2D eigenvalue weighted by Gasteiger charge is -2.17. The lowest BCUT2D eigenvalue weighted by molar-refractivity contribution is 0.201. The highest BCUT2D eigenvalue weighted by Gasteiger charge is 2.13. The zero-order valence-electron chi connectivity index (χ0n) is 9.30. The standard InChI is InChI=1S/C13H14FNOS/c14-10-3-5-11(6-4-10)16-12(7-8-15)13-2-1-9-17-13/h1-6,9,12H,7-8,15H2. The van der Waals surface area contributed by atoms with Crippen molar-refractivity contribution in [3.63, 3.8) is 0 Å². The quantitative estimate of drug-likeness (QED) is 0.884. The Bertz CT molecular complexity index is 441. The van der Waals surface area contributed by atoms with Crippen molar-refractivity contribution in [1.82, 2.24) is 0 Å². The van der Waals surface area contributed by atoms with Crippen molar-refractivity contribution in [2.45, 2.75) is 12.5 Å². The molecule has 17 heavy (non-hydrogen) atoms. The third-order valence-electron chi connectivity index (χ3n) is 2.38. The lowest BCUT2D eigenvalue weighted by atomic mass is 10.2. The normalized spacial score (nSPS) is 12.4. The zero-order valence-corrected chi connectivity index (χ0v) is 10.1. The fraction of sp³-hybridized carbons (Fsp3) is 0.231. The van der Waals surface area contributed by atoms with Crippen LogP contribution in [0.3, 0.4) is 0 Å². The van der Waals surface area contributed by atoms with Crippen molar-refractivity contribution in [1.29, 1.82) is 0 Å². The second kappa shape index (κ2) is 5.80. The van der Waals surface area contributed by atoms with E-state index in [-0.39, 0.29) is 11.9 Å². The van der Waals surface area contributed by atoms with Gasteiger partial charge in [-0.15, -0.1) is 11.3 Å². The molecule has 4 heteroatoms. The Morgan fingerprint density at radius 1 is 1.24 bits per heavy atom. The number of nitrogens with two attached hydrogens (primary N) is 1. The Balaban J connectivity index is 2.10. The molecule has 2 aromatic rings. The smallest absolute Gasteiger partial charge is 0.134 e. The summed E-state index contributed by atoms with van der Waals surface area (Å²) in [5, 5.41) is 2.01. The molecular formula is C13H14FNOS. The summed E-state index contributed by atoms with van der Waals surface area (Å²) in [5.41, 5.74) is 5.58. The van der Waals surface area contributed by atoms with E-state index in [4.69, 9.17) is 10.5 Å². The largest absolute Gasteiger partial charge is 0.485 e. The molecule has 0 radical (unpaired) electrons. The Hall–Kier alpha value is -1.39. The van der Waals surface area contributed by atoms with Gasteiger partial charge in [0.25, 0.3) is 0 Å². The van der Waals surface area contributed by atoms with Crippen molar-refractivity contribution in [3.8, 4) is 5.75 Å². The van der Waals surface area contributed by atoms with Crippen LogP contribution in [0, 0.1) is 5.82 Å². The molecule has 0 amide bonds. The first-order valence-electron chi connectivity index (χ1n) is 5.45. The van der Waals surface area contributed by atoms with Crippen LogP contribution >= 0.6 is 11.3 Å². The molecule has 2 N–H and O–H groups in total. The number of rotatable bonds is 5. The highest BCUT2D eigenvalue weighted by atomic mass is 32.1. The minimum Gasteiger partial charge on any atom is -0.485 e. The van der Waals surface area contributed by atoms with Crippen LogP contribution in [0.1, 0.15) is 17.4 Å². The molecule has 2 nitrogen and oxygen atoms in total. The Labute approximate surface area is 104 Å². The first-order chi connectivity index (χ1) is 8.29. The molecule has 0 aliphatic carbocycles. The molecule has 1 aromatic carbocycles. The fourth-order valence-electron chi connectivity index (χ4n) is 1.56. The molecule has 0 fully saturated rings. The number of ether oxygens (including phenoxy) is 1. The van der Waals surface area contributed by atoms with Crippen molar-refractivity contribution >= 4 is 11.3 Å². The maximum atomic E-state index is 12.8. The molecule has 90 valence electrons. The van der Waals surface area contributed by atoms with Gasteiger partial charge < -0.3 is 10.5 Å². The minimum absolute atomic E-state index is 0.0505. The molecule has 1 heterocycles. The third kappa shape index (κ3) is 3.28. The summed E-state index contributed by atoms with van der Waals surface area (Å²) in [6, 6.07) is 10.1. The SMILES string of the molecule is NCCC(Oc1ccc(F)cc1)c1cccs1. The number of hydrogen-bond acceptors (Lipinski definition) is 3. The van der Waals surface area contributed by atoms with Crippen LogP contribution in [0.4, 0.5) is 4.39 Å². The number of halogens is 1. The van der Waals surface area contributed by atoms with Crippen LogP contribution in [-0.2, 0) is 0 Å². The Kier molecular flexibility index (Phi) is 4.12. The highest BCUT2D eigenvalue weighted by molar-refractivity contribution is 7.10. The summed E-state index contributed by atoms with van der Waals surface area (Å²) in [5.74, 6) is 0.405. The Morgan fingerprint density at radius 3 is 2.59 bits per heavy atom. The van der Waals surface area contributed by atoms with Crippen molar-refractivity contribution in [3.05, 3.63) is 52.5 Å². The average Bonchev–Trinajstić information content (AvgIpc) is 2.85. The van der Waals surface area contributed by atoms with Gasteiger partial charge >= 0.3 is 0 Å². The molecule has 0 spiro atoms. The zero-order chi connectivity index (χ0) is 12.1. The van der Waals surface area contributed by atoms with Gasteiger partial charge in [0.1, 0.15) is 17.7 Å². The van der Waals surface area contributed by atoms with Crippen LogP contribution in [0.2, 0.25) is 0 Å². The molecule has 1 aromatic heterocycles. The number of thiophene rings is 1. The second-order valence-corrected chi connectivity index (χ2v) is 4.63. The highest BCUT2D eigenvalue weighted by Crippen LogP contribution is 2.27. The van der Waals surface area contributed by atoms with E-state index in [1.807, 2.05) is 17.5 Å². The van der Waals surface area contributed by atoms with E-state index >= 15 is 0 Å². The van der Waals surface area contributed by atoms with Crippen LogP contribution < -0.4 is 10.5 Å². The van der Waals surface area contributed by atoms with Gasteiger partial charge in [-0.1, -0.05) is 6.07 Å². The molecule has 1 atom stereocenters. The fourth-order valence-corrected chi connectivity index (χ4v) is 2.35. The van der Waals surface area contributed by atoms with Gasteiger partial charge in [-0.2, -0.15) is 0 Å². The van der Waals surface area contributed by atoms with Gasteiger partial charge in [0, 0.05) is 11.3 Å². The molecule has 0 bridgehead atoms. The van der Waals surface area contributed by atoms with E-state index < -0.39 is 0 Å². The predicted octanol–water partition coefficient (Wildman–Crippen LogP) is 3.36. The van der Waals surface area contributed by atoms with Gasteiger partial charge in [0.15, 0.2) is 0 Å². The van der Waals surface area contributed by atoms with E-state index in [0.717, 1.165) is 11.3 Å². The maximum Gasteiger partial charge on any atom is 0.134 e. The first-order valence-corrected chi connectivity index (χ1v) is 6.33. The van der Waals surface area contributed by atoms with E-state index in [0.29, 0.717) is 12.3 Å². The van der Waals surface area contributed by atoms with Crippen LogP contribution in [0.15, 0.2) is 41.8 Å². The summed E-state index contributed by atoms with van der Waals surface area (Å²) in [4.78, 5) is 1.14. The van der Waals surface area contributed by atoms with E-state index in [1.54, 1.807) is 23.5 Å². The van der Waals surface area contributed by atoms with Gasteiger partial charge in [-0.25, -0.2) is 4.39 Å². The molecule has 2 rings (SSSR count). The molecule has 0 aliphatic heterocycles. The lowest BCUT2D eigenvalue weighted by Crippen LogP contribution is -2.12.